The third kappa shape index (κ3) is 4.44. The Hall–Kier alpha value is -3.19. The highest BCUT2D eigenvalue weighted by Gasteiger charge is 2.51. The molecule has 0 saturated carbocycles. The Balaban J connectivity index is 1.84. The van der Waals surface area contributed by atoms with Gasteiger partial charge >= 0.3 is 0 Å². The minimum absolute atomic E-state index is 0.795. The van der Waals surface area contributed by atoms with E-state index in [9.17, 15) is 0 Å². The number of para-hydroxylation sites is 1. The van der Waals surface area contributed by atoms with E-state index in [-0.39, 0.29) is 0 Å². The molecule has 0 bridgehead atoms. The van der Waals surface area contributed by atoms with Gasteiger partial charge in [-0.15, -0.1) is 0 Å². The summed E-state index contributed by atoms with van der Waals surface area (Å²) in [4.78, 5) is 0. The third-order valence-corrected chi connectivity index (χ3v) is 10.8. The van der Waals surface area contributed by atoms with Crippen molar-refractivity contribution in [1.29, 1.82) is 0 Å². The van der Waals surface area contributed by atoms with Gasteiger partial charge in [0.1, 0.15) is 15.9 Å². The molecule has 5 aromatic rings. The lowest BCUT2D eigenvalue weighted by atomic mass is 10.2. The quantitative estimate of drug-likeness (QED) is 0.202. The van der Waals surface area contributed by atoms with Crippen LogP contribution in [-0.4, -0.2) is 0 Å². The number of rotatable bonds is 7. The lowest BCUT2D eigenvalue weighted by molar-refractivity contribution is 1.04. The molecule has 0 saturated heterocycles. The molecule has 0 atom stereocenters. The zero-order valence-electron chi connectivity index (χ0n) is 18.8. The molecule has 3 heteroatoms. The van der Waals surface area contributed by atoms with Crippen LogP contribution in [0.2, 0.25) is 0 Å². The molecular weight excluding hydrogens is 497 g/mol. The molecule has 0 aliphatic carbocycles. The zero-order chi connectivity index (χ0) is 23.2. The summed E-state index contributed by atoms with van der Waals surface area (Å²) in [7, 11) is -2.24. The van der Waals surface area contributed by atoms with Crippen LogP contribution in [-0.2, 0) is 6.54 Å². The Morgan fingerprint density at radius 3 is 1.26 bits per heavy atom. The second-order valence-corrected chi connectivity index (χ2v) is 12.4. The first-order chi connectivity index (χ1) is 16.8. The largest absolute Gasteiger partial charge is 0.230 e. The smallest absolute Gasteiger partial charge is 0.202 e. The summed E-state index contributed by atoms with van der Waals surface area (Å²) < 4.78 is 3.74. The summed E-state index contributed by atoms with van der Waals surface area (Å²) in [6.07, 6.45) is 0. The van der Waals surface area contributed by atoms with E-state index in [0.717, 1.165) is 11.0 Å². The van der Waals surface area contributed by atoms with Crippen LogP contribution in [0.3, 0.4) is 0 Å². The molecular formula is C31H26BrNP+. The number of anilines is 1. The number of hydrogen-bond acceptors (Lipinski definition) is 1. The van der Waals surface area contributed by atoms with Crippen molar-refractivity contribution < 1.29 is 0 Å². The molecule has 0 aromatic heterocycles. The normalized spacial score (nSPS) is 11.2. The minimum atomic E-state index is -2.24. The van der Waals surface area contributed by atoms with Crippen molar-refractivity contribution in [3.63, 3.8) is 0 Å². The van der Waals surface area contributed by atoms with Crippen molar-refractivity contribution in [3.8, 4) is 0 Å². The third-order valence-electron chi connectivity index (χ3n) is 6.05. The van der Waals surface area contributed by atoms with Crippen LogP contribution in [0.25, 0.3) is 0 Å². The first-order valence-corrected chi connectivity index (χ1v) is 14.0. The number of nitrogens with zero attached hydrogens (tertiary/aromatic N) is 1. The Morgan fingerprint density at radius 1 is 0.471 bits per heavy atom. The summed E-state index contributed by atoms with van der Waals surface area (Å²) in [5.41, 5.74) is 2.49. The van der Waals surface area contributed by atoms with Crippen LogP contribution in [0.1, 0.15) is 5.56 Å². The second-order valence-electron chi connectivity index (χ2n) is 8.16. The molecule has 0 unspecified atom stereocenters. The van der Waals surface area contributed by atoms with Gasteiger partial charge in [-0.25, -0.2) is 4.67 Å². The average Bonchev–Trinajstić information content (AvgIpc) is 2.92. The number of benzene rings is 5. The van der Waals surface area contributed by atoms with Gasteiger partial charge in [0, 0.05) is 4.47 Å². The molecule has 34 heavy (non-hydrogen) atoms. The summed E-state index contributed by atoms with van der Waals surface area (Å²) in [5, 5.41) is 4.02. The molecule has 0 aliphatic heterocycles. The molecule has 0 fully saturated rings. The molecule has 5 rings (SSSR count). The van der Waals surface area contributed by atoms with Gasteiger partial charge < -0.3 is 0 Å². The van der Waals surface area contributed by atoms with E-state index in [2.05, 4.69) is 166 Å². The first kappa shape index (κ1) is 22.6. The molecule has 0 aliphatic rings. The standard InChI is InChI=1S/C31H26BrNP/c32-27-23-21-26(22-24-27)25-33(28-13-5-1-6-14-28)34(29-15-7-2-8-16-29,30-17-9-3-10-18-30)31-19-11-4-12-20-31/h1-24H,25H2/q+1. The van der Waals surface area contributed by atoms with Crippen molar-refractivity contribution in [2.24, 2.45) is 0 Å². The van der Waals surface area contributed by atoms with E-state index in [0.29, 0.717) is 0 Å². The van der Waals surface area contributed by atoms with Crippen LogP contribution in [0.15, 0.2) is 150 Å². The summed E-state index contributed by atoms with van der Waals surface area (Å²) in [6.45, 7) is 0.795. The fourth-order valence-corrected chi connectivity index (χ4v) is 9.19. The molecule has 0 N–H and O–H groups in total. The first-order valence-electron chi connectivity index (χ1n) is 11.4. The van der Waals surface area contributed by atoms with Gasteiger partial charge in [0.25, 0.3) is 0 Å². The van der Waals surface area contributed by atoms with Crippen LogP contribution >= 0.6 is 23.3 Å². The highest BCUT2D eigenvalue weighted by Crippen LogP contribution is 2.60. The van der Waals surface area contributed by atoms with E-state index in [4.69, 9.17) is 0 Å². The average molecular weight is 523 g/mol. The molecule has 5 aromatic carbocycles. The zero-order valence-corrected chi connectivity index (χ0v) is 21.3. The van der Waals surface area contributed by atoms with Gasteiger partial charge in [0.05, 0.1) is 12.2 Å². The molecule has 0 amide bonds. The van der Waals surface area contributed by atoms with Gasteiger partial charge in [0.15, 0.2) is 0 Å². The van der Waals surface area contributed by atoms with Crippen molar-refractivity contribution in [2.45, 2.75) is 6.54 Å². The van der Waals surface area contributed by atoms with Crippen LogP contribution in [0.5, 0.6) is 0 Å². The topological polar surface area (TPSA) is 3.24 Å². The maximum Gasteiger partial charge on any atom is 0.202 e. The molecule has 0 spiro atoms. The van der Waals surface area contributed by atoms with E-state index in [1.807, 2.05) is 0 Å². The predicted octanol–water partition coefficient (Wildman–Crippen LogP) is 7.36. The van der Waals surface area contributed by atoms with E-state index in [1.165, 1.54) is 27.2 Å². The summed E-state index contributed by atoms with van der Waals surface area (Å²) in [6, 6.07) is 52.6. The Bertz CT molecular complexity index is 1210. The van der Waals surface area contributed by atoms with Crippen molar-refractivity contribution in [1.82, 2.24) is 0 Å². The van der Waals surface area contributed by atoms with Gasteiger partial charge in [-0.2, -0.15) is 0 Å². The highest BCUT2D eigenvalue weighted by molar-refractivity contribution is 9.10. The van der Waals surface area contributed by atoms with Crippen LogP contribution < -0.4 is 20.6 Å². The predicted molar refractivity (Wildman–Crippen MR) is 152 cm³/mol. The minimum Gasteiger partial charge on any atom is -0.230 e. The lowest BCUT2D eigenvalue weighted by Gasteiger charge is -2.38. The summed E-state index contributed by atoms with van der Waals surface area (Å²) >= 11 is 3.60. The Labute approximate surface area is 211 Å². The van der Waals surface area contributed by atoms with E-state index >= 15 is 0 Å². The summed E-state index contributed by atoms with van der Waals surface area (Å²) in [5.74, 6) is 0. The number of hydrogen-bond donors (Lipinski definition) is 0. The highest BCUT2D eigenvalue weighted by atomic mass is 79.9. The van der Waals surface area contributed by atoms with Gasteiger partial charge in [0.2, 0.25) is 7.41 Å². The molecule has 1 nitrogen and oxygen atoms in total. The van der Waals surface area contributed by atoms with Crippen molar-refractivity contribution >= 4 is 44.9 Å². The maximum absolute atomic E-state index is 3.60. The van der Waals surface area contributed by atoms with E-state index in [1.54, 1.807) is 0 Å². The fourth-order valence-electron chi connectivity index (χ4n) is 4.53. The van der Waals surface area contributed by atoms with Crippen LogP contribution in [0, 0.1) is 0 Å². The SMILES string of the molecule is Brc1ccc(CN(c2ccccc2)[P+](c2ccccc2)(c2ccccc2)c2ccccc2)cc1. The Morgan fingerprint density at radius 2 is 0.853 bits per heavy atom. The van der Waals surface area contributed by atoms with Crippen LogP contribution in [0.4, 0.5) is 5.69 Å². The molecule has 0 heterocycles. The van der Waals surface area contributed by atoms with E-state index < -0.39 is 7.41 Å². The maximum atomic E-state index is 3.60. The Kier molecular flexibility index (Phi) is 6.90. The van der Waals surface area contributed by atoms with Crippen molar-refractivity contribution in [2.75, 3.05) is 4.67 Å². The monoisotopic (exact) mass is 522 g/mol. The lowest BCUT2D eigenvalue weighted by Crippen LogP contribution is -2.43. The fraction of sp³-hybridized carbons (Fsp3) is 0.0323. The van der Waals surface area contributed by atoms with Gasteiger partial charge in [-0.3, -0.25) is 0 Å². The molecule has 166 valence electrons. The second kappa shape index (κ2) is 10.4. The van der Waals surface area contributed by atoms with Crippen molar-refractivity contribution in [3.05, 3.63) is 156 Å². The molecule has 0 radical (unpaired) electrons. The number of halogens is 1. The van der Waals surface area contributed by atoms with Gasteiger partial charge in [-0.1, -0.05) is 101 Å². The van der Waals surface area contributed by atoms with Gasteiger partial charge in [-0.05, 0) is 66.2 Å².